The van der Waals surface area contributed by atoms with Crippen LogP contribution in [0.15, 0.2) is 27.3 Å². The van der Waals surface area contributed by atoms with Crippen LogP contribution < -0.4 is 14.9 Å². The largest absolute Gasteiger partial charge is 0.352 e. The number of aromatic amines is 1. The van der Waals surface area contributed by atoms with E-state index in [2.05, 4.69) is 15.0 Å². The molecule has 0 saturated carbocycles. The highest BCUT2D eigenvalue weighted by Gasteiger charge is 2.17. The molecule has 0 aromatic carbocycles. The lowest BCUT2D eigenvalue weighted by Crippen LogP contribution is -2.23. The van der Waals surface area contributed by atoms with Crippen LogP contribution >= 0.6 is 11.3 Å². The Morgan fingerprint density at radius 1 is 1.38 bits per heavy atom. The molecular formula is C12H18N4O3S2. The summed E-state index contributed by atoms with van der Waals surface area (Å²) in [6, 6.07) is 1.64. The van der Waals surface area contributed by atoms with E-state index in [1.165, 1.54) is 0 Å². The van der Waals surface area contributed by atoms with E-state index < -0.39 is 10.0 Å². The molecular weight excluding hydrogens is 312 g/mol. The van der Waals surface area contributed by atoms with Crippen LogP contribution in [-0.4, -0.2) is 24.5 Å². The summed E-state index contributed by atoms with van der Waals surface area (Å²) in [5, 5.41) is 4.76. The Hall–Kier alpha value is -1.42. The number of aromatic nitrogens is 2. The summed E-state index contributed by atoms with van der Waals surface area (Å²) in [6.07, 6.45) is 1.57. The molecule has 0 aliphatic rings. The number of thiazole rings is 1. The highest BCUT2D eigenvalue weighted by Crippen LogP contribution is 2.13. The normalized spacial score (nSPS) is 11.9. The van der Waals surface area contributed by atoms with E-state index in [4.69, 9.17) is 0 Å². The Morgan fingerprint density at radius 2 is 2.14 bits per heavy atom. The second-order valence-electron chi connectivity index (χ2n) is 4.56. The van der Waals surface area contributed by atoms with Gasteiger partial charge in [0.05, 0.1) is 11.4 Å². The van der Waals surface area contributed by atoms with Crippen LogP contribution in [0.4, 0.5) is 0 Å². The molecule has 7 nitrogen and oxygen atoms in total. The molecule has 9 heteroatoms. The number of aryl methyl sites for hydroxylation is 1. The van der Waals surface area contributed by atoms with Crippen molar-refractivity contribution in [2.45, 2.75) is 24.9 Å². The molecule has 0 spiro atoms. The zero-order valence-corrected chi connectivity index (χ0v) is 13.5. The monoisotopic (exact) mass is 330 g/mol. The predicted molar refractivity (Wildman–Crippen MR) is 81.8 cm³/mol. The molecule has 21 heavy (non-hydrogen) atoms. The highest BCUT2D eigenvalue weighted by atomic mass is 32.2. The van der Waals surface area contributed by atoms with Crippen molar-refractivity contribution in [3.63, 3.8) is 0 Å². The van der Waals surface area contributed by atoms with Crippen molar-refractivity contribution in [3.8, 4) is 0 Å². The van der Waals surface area contributed by atoms with Gasteiger partial charge in [-0.05, 0) is 12.6 Å². The summed E-state index contributed by atoms with van der Waals surface area (Å²) < 4.78 is 28.7. The molecule has 0 radical (unpaired) electrons. The first-order valence-electron chi connectivity index (χ1n) is 6.44. The third-order valence-electron chi connectivity index (χ3n) is 2.97. The maximum absolute atomic E-state index is 12.2. The van der Waals surface area contributed by atoms with Crippen molar-refractivity contribution in [1.82, 2.24) is 19.6 Å². The minimum atomic E-state index is -3.59. The van der Waals surface area contributed by atoms with Gasteiger partial charge >= 0.3 is 4.87 Å². The van der Waals surface area contributed by atoms with Crippen LogP contribution in [-0.2, 0) is 30.2 Å². The van der Waals surface area contributed by atoms with Crippen molar-refractivity contribution < 1.29 is 8.42 Å². The molecule has 0 amide bonds. The lowest BCUT2D eigenvalue weighted by molar-refractivity contribution is 0.580. The quantitative estimate of drug-likeness (QED) is 0.683. The van der Waals surface area contributed by atoms with E-state index in [1.54, 1.807) is 22.2 Å². The smallest absolute Gasteiger partial charge is 0.304 e. The van der Waals surface area contributed by atoms with Gasteiger partial charge in [0.1, 0.15) is 0 Å². The van der Waals surface area contributed by atoms with E-state index >= 15 is 0 Å². The Balaban J connectivity index is 2.10. The third-order valence-corrected chi connectivity index (χ3v) is 5.06. The Bertz CT molecular complexity index is 758. The number of hydrogen-bond acceptors (Lipinski definition) is 5. The van der Waals surface area contributed by atoms with Crippen molar-refractivity contribution in [3.05, 3.63) is 38.7 Å². The third kappa shape index (κ3) is 4.03. The zero-order valence-electron chi connectivity index (χ0n) is 11.8. The summed E-state index contributed by atoms with van der Waals surface area (Å²) in [7, 11) is -1.78. The topological polar surface area (TPSA) is 96.0 Å². The van der Waals surface area contributed by atoms with Gasteiger partial charge in [0.15, 0.2) is 0 Å². The lowest BCUT2D eigenvalue weighted by atomic mass is 10.4. The molecule has 116 valence electrons. The first kappa shape index (κ1) is 16.0. The van der Waals surface area contributed by atoms with Crippen LogP contribution in [0.2, 0.25) is 0 Å². The Kier molecular flexibility index (Phi) is 4.99. The van der Waals surface area contributed by atoms with Crippen molar-refractivity contribution in [2.24, 2.45) is 7.05 Å². The van der Waals surface area contributed by atoms with Crippen LogP contribution in [0.1, 0.15) is 18.3 Å². The molecule has 3 N–H and O–H groups in total. The number of rotatable bonds is 7. The summed E-state index contributed by atoms with van der Waals surface area (Å²) in [5.41, 5.74) is 1.44. The van der Waals surface area contributed by atoms with Gasteiger partial charge in [-0.15, -0.1) is 0 Å². The fraction of sp³-hybridized carbons (Fsp3) is 0.417. The van der Waals surface area contributed by atoms with E-state index in [0.717, 1.165) is 23.6 Å². The Morgan fingerprint density at radius 3 is 2.76 bits per heavy atom. The Labute approximate surface area is 127 Å². The van der Waals surface area contributed by atoms with E-state index in [1.807, 2.05) is 14.0 Å². The van der Waals surface area contributed by atoms with Gasteiger partial charge in [0, 0.05) is 36.6 Å². The van der Waals surface area contributed by atoms with Crippen molar-refractivity contribution in [1.29, 1.82) is 0 Å². The number of nitrogens with zero attached hydrogens (tertiary/aromatic N) is 1. The SMILES string of the molecule is CCNCc1cc(S(=O)(=O)NCc2csc(=O)[nH]2)cn1C. The van der Waals surface area contributed by atoms with Crippen LogP contribution in [0.25, 0.3) is 0 Å². The maximum Gasteiger partial charge on any atom is 0.304 e. The molecule has 0 saturated heterocycles. The lowest BCUT2D eigenvalue weighted by Gasteiger charge is -2.02. The zero-order chi connectivity index (χ0) is 15.5. The summed E-state index contributed by atoms with van der Waals surface area (Å²) in [4.78, 5) is 13.6. The summed E-state index contributed by atoms with van der Waals surface area (Å²) in [6.45, 7) is 3.49. The average Bonchev–Trinajstić information content (AvgIpc) is 3.01. The minimum Gasteiger partial charge on any atom is -0.352 e. The molecule has 0 atom stereocenters. The fourth-order valence-corrected chi connectivity index (χ4v) is 3.49. The second kappa shape index (κ2) is 6.56. The standard InChI is InChI=1S/C12H18N4O3S2/c1-3-13-6-10-4-11(7-16(10)2)21(18,19)14-5-9-8-20-12(17)15-9/h4,7-8,13-14H,3,5-6H2,1-2H3,(H,15,17). The molecule has 2 rings (SSSR count). The van der Waals surface area contributed by atoms with Crippen LogP contribution in [0, 0.1) is 0 Å². The molecule has 0 bridgehead atoms. The average molecular weight is 330 g/mol. The number of sulfonamides is 1. The summed E-state index contributed by atoms with van der Waals surface area (Å²) >= 11 is 1.01. The summed E-state index contributed by atoms with van der Waals surface area (Å²) in [5.74, 6) is 0. The first-order chi connectivity index (χ1) is 9.92. The molecule has 0 fully saturated rings. The maximum atomic E-state index is 12.2. The van der Waals surface area contributed by atoms with Gasteiger partial charge in [-0.25, -0.2) is 13.1 Å². The van der Waals surface area contributed by atoms with E-state index in [-0.39, 0.29) is 16.3 Å². The molecule has 0 aliphatic heterocycles. The molecule has 2 aromatic heterocycles. The minimum absolute atomic E-state index is 0.0680. The van der Waals surface area contributed by atoms with Gasteiger partial charge in [0.25, 0.3) is 0 Å². The number of H-pyrrole nitrogens is 1. The van der Waals surface area contributed by atoms with Crippen LogP contribution in [0.3, 0.4) is 0 Å². The predicted octanol–water partition coefficient (Wildman–Crippen LogP) is 0.363. The molecule has 2 aromatic rings. The number of nitrogens with one attached hydrogen (secondary N) is 3. The van der Waals surface area contributed by atoms with Gasteiger partial charge in [0.2, 0.25) is 10.0 Å². The van der Waals surface area contributed by atoms with Gasteiger partial charge in [-0.2, -0.15) is 0 Å². The fourth-order valence-electron chi connectivity index (χ4n) is 1.81. The second-order valence-corrected chi connectivity index (χ2v) is 7.17. The van der Waals surface area contributed by atoms with E-state index in [0.29, 0.717) is 12.2 Å². The van der Waals surface area contributed by atoms with Gasteiger partial charge in [-0.3, -0.25) is 4.79 Å². The highest BCUT2D eigenvalue weighted by molar-refractivity contribution is 7.89. The number of hydrogen-bond donors (Lipinski definition) is 3. The van der Waals surface area contributed by atoms with Crippen molar-refractivity contribution in [2.75, 3.05) is 6.54 Å². The molecule has 2 heterocycles. The van der Waals surface area contributed by atoms with E-state index in [9.17, 15) is 13.2 Å². The van der Waals surface area contributed by atoms with Crippen molar-refractivity contribution >= 4 is 21.4 Å². The first-order valence-corrected chi connectivity index (χ1v) is 8.81. The van der Waals surface area contributed by atoms with Gasteiger partial charge < -0.3 is 14.9 Å². The molecule has 0 unspecified atom stereocenters. The van der Waals surface area contributed by atoms with Gasteiger partial charge in [-0.1, -0.05) is 18.3 Å². The molecule has 0 aliphatic carbocycles. The van der Waals surface area contributed by atoms with Crippen LogP contribution in [0.5, 0.6) is 0 Å².